The number of hydrogen-bond donors (Lipinski definition) is 1. The van der Waals surface area contributed by atoms with Gasteiger partial charge in [0.1, 0.15) is 11.6 Å². The summed E-state index contributed by atoms with van der Waals surface area (Å²) in [5, 5.41) is 2.68. The van der Waals surface area contributed by atoms with Gasteiger partial charge in [-0.1, -0.05) is 12.1 Å². The largest absolute Gasteiger partial charge is 0.456 e. The zero-order valence-corrected chi connectivity index (χ0v) is 10.3. The molecular formula is C14H14FNO2. The molecule has 0 fully saturated rings. The minimum Gasteiger partial charge on any atom is -0.456 e. The molecule has 0 saturated heterocycles. The summed E-state index contributed by atoms with van der Waals surface area (Å²) in [6.45, 7) is 3.74. The first kappa shape index (κ1) is 12.4. The van der Waals surface area contributed by atoms with E-state index in [1.807, 2.05) is 0 Å². The quantitative estimate of drug-likeness (QED) is 0.906. The number of carbonyl (C=O) groups is 1. The summed E-state index contributed by atoms with van der Waals surface area (Å²) in [6.07, 6.45) is 0. The SMILES string of the molecule is Cc1ccc(C(=O)NCc2ccc(C)c(F)c2)o1. The zero-order valence-electron chi connectivity index (χ0n) is 10.3. The van der Waals surface area contributed by atoms with Crippen LogP contribution in [0.15, 0.2) is 34.7 Å². The van der Waals surface area contributed by atoms with Gasteiger partial charge in [-0.05, 0) is 43.2 Å². The molecule has 0 aliphatic rings. The van der Waals surface area contributed by atoms with Crippen LogP contribution in [-0.2, 0) is 6.54 Å². The molecule has 1 amide bonds. The Hall–Kier alpha value is -2.10. The van der Waals surface area contributed by atoms with Crippen molar-refractivity contribution in [3.63, 3.8) is 0 Å². The lowest BCUT2D eigenvalue weighted by atomic mass is 10.1. The van der Waals surface area contributed by atoms with Crippen molar-refractivity contribution < 1.29 is 13.6 Å². The highest BCUT2D eigenvalue weighted by Gasteiger charge is 2.09. The molecule has 3 nitrogen and oxygen atoms in total. The van der Waals surface area contributed by atoms with Crippen molar-refractivity contribution in [3.8, 4) is 0 Å². The Morgan fingerprint density at radius 2 is 2.06 bits per heavy atom. The number of halogens is 1. The van der Waals surface area contributed by atoms with E-state index < -0.39 is 0 Å². The van der Waals surface area contributed by atoms with Crippen LogP contribution in [0.25, 0.3) is 0 Å². The van der Waals surface area contributed by atoms with Crippen LogP contribution in [0.3, 0.4) is 0 Å². The molecule has 0 radical (unpaired) electrons. The fourth-order valence-corrected chi connectivity index (χ4v) is 1.57. The molecule has 1 aromatic carbocycles. The molecule has 0 atom stereocenters. The highest BCUT2D eigenvalue weighted by molar-refractivity contribution is 5.91. The topological polar surface area (TPSA) is 42.2 Å². The average Bonchev–Trinajstić information content (AvgIpc) is 2.77. The van der Waals surface area contributed by atoms with E-state index in [9.17, 15) is 9.18 Å². The highest BCUT2D eigenvalue weighted by atomic mass is 19.1. The fraction of sp³-hybridized carbons (Fsp3) is 0.214. The van der Waals surface area contributed by atoms with E-state index in [1.165, 1.54) is 6.07 Å². The Morgan fingerprint density at radius 1 is 1.28 bits per heavy atom. The second-order valence-electron chi connectivity index (χ2n) is 4.18. The van der Waals surface area contributed by atoms with E-state index in [0.29, 0.717) is 11.3 Å². The third kappa shape index (κ3) is 2.77. The molecule has 2 rings (SSSR count). The van der Waals surface area contributed by atoms with Crippen molar-refractivity contribution >= 4 is 5.91 Å². The Bertz CT molecular complexity index is 575. The number of benzene rings is 1. The van der Waals surface area contributed by atoms with Crippen molar-refractivity contribution in [1.82, 2.24) is 5.32 Å². The van der Waals surface area contributed by atoms with E-state index >= 15 is 0 Å². The first-order valence-corrected chi connectivity index (χ1v) is 5.66. The lowest BCUT2D eigenvalue weighted by Crippen LogP contribution is -2.22. The van der Waals surface area contributed by atoms with Gasteiger partial charge in [-0.15, -0.1) is 0 Å². The Labute approximate surface area is 105 Å². The molecule has 4 heteroatoms. The smallest absolute Gasteiger partial charge is 0.287 e. The Balaban J connectivity index is 1.99. The minimum absolute atomic E-state index is 0.264. The molecule has 0 aliphatic carbocycles. The highest BCUT2D eigenvalue weighted by Crippen LogP contribution is 2.10. The van der Waals surface area contributed by atoms with Crippen LogP contribution in [0.2, 0.25) is 0 Å². The van der Waals surface area contributed by atoms with E-state index in [0.717, 1.165) is 5.56 Å². The molecule has 0 saturated carbocycles. The van der Waals surface area contributed by atoms with Crippen molar-refractivity contribution in [2.45, 2.75) is 20.4 Å². The van der Waals surface area contributed by atoms with Crippen LogP contribution in [0, 0.1) is 19.7 Å². The summed E-state index contributed by atoms with van der Waals surface area (Å²) in [5.41, 5.74) is 1.31. The fourth-order valence-electron chi connectivity index (χ4n) is 1.57. The van der Waals surface area contributed by atoms with Crippen LogP contribution >= 0.6 is 0 Å². The summed E-state index contributed by atoms with van der Waals surface area (Å²) in [6, 6.07) is 8.23. The number of rotatable bonds is 3. The Morgan fingerprint density at radius 3 is 2.67 bits per heavy atom. The average molecular weight is 247 g/mol. The predicted molar refractivity (Wildman–Crippen MR) is 65.8 cm³/mol. The summed E-state index contributed by atoms with van der Waals surface area (Å²) in [7, 11) is 0. The molecule has 1 N–H and O–H groups in total. The van der Waals surface area contributed by atoms with Gasteiger partial charge in [0.2, 0.25) is 0 Å². The lowest BCUT2D eigenvalue weighted by Gasteiger charge is -2.04. The van der Waals surface area contributed by atoms with Crippen LogP contribution in [0.4, 0.5) is 4.39 Å². The summed E-state index contributed by atoms with van der Waals surface area (Å²) < 4.78 is 18.5. The minimum atomic E-state index is -0.302. The predicted octanol–water partition coefficient (Wildman–Crippen LogP) is 2.97. The number of hydrogen-bond acceptors (Lipinski definition) is 2. The van der Waals surface area contributed by atoms with Gasteiger partial charge in [0.25, 0.3) is 5.91 Å². The van der Waals surface area contributed by atoms with Crippen LogP contribution in [-0.4, -0.2) is 5.91 Å². The molecule has 1 heterocycles. The van der Waals surface area contributed by atoms with Crippen LogP contribution < -0.4 is 5.32 Å². The normalized spacial score (nSPS) is 10.4. The van der Waals surface area contributed by atoms with E-state index in [2.05, 4.69) is 5.32 Å². The molecule has 0 unspecified atom stereocenters. The molecule has 2 aromatic rings. The van der Waals surface area contributed by atoms with Gasteiger partial charge in [0.05, 0.1) is 0 Å². The van der Waals surface area contributed by atoms with Gasteiger partial charge in [0.15, 0.2) is 5.76 Å². The molecule has 0 bridgehead atoms. The van der Waals surface area contributed by atoms with Crippen LogP contribution in [0.1, 0.15) is 27.4 Å². The molecule has 18 heavy (non-hydrogen) atoms. The number of furan rings is 1. The van der Waals surface area contributed by atoms with E-state index in [1.54, 1.807) is 38.1 Å². The summed E-state index contributed by atoms with van der Waals surface area (Å²) in [4.78, 5) is 11.7. The second-order valence-corrected chi connectivity index (χ2v) is 4.18. The maximum absolute atomic E-state index is 13.3. The van der Waals surface area contributed by atoms with Gasteiger partial charge in [-0.2, -0.15) is 0 Å². The first-order chi connectivity index (χ1) is 8.56. The number of carbonyl (C=O) groups excluding carboxylic acids is 1. The summed E-state index contributed by atoms with van der Waals surface area (Å²) in [5.74, 6) is 0.376. The molecule has 1 aromatic heterocycles. The molecular weight excluding hydrogens is 233 g/mol. The third-order valence-corrected chi connectivity index (χ3v) is 2.65. The maximum Gasteiger partial charge on any atom is 0.287 e. The lowest BCUT2D eigenvalue weighted by molar-refractivity contribution is 0.0922. The molecule has 0 aliphatic heterocycles. The van der Waals surface area contributed by atoms with Gasteiger partial charge in [-0.25, -0.2) is 4.39 Å². The van der Waals surface area contributed by atoms with Crippen molar-refractivity contribution in [2.24, 2.45) is 0 Å². The Kier molecular flexibility index (Phi) is 3.46. The van der Waals surface area contributed by atoms with Gasteiger partial charge in [-0.3, -0.25) is 4.79 Å². The second kappa shape index (κ2) is 5.04. The van der Waals surface area contributed by atoms with Crippen LogP contribution in [0.5, 0.6) is 0 Å². The summed E-state index contributed by atoms with van der Waals surface area (Å²) >= 11 is 0. The first-order valence-electron chi connectivity index (χ1n) is 5.66. The van der Waals surface area contributed by atoms with Gasteiger partial charge in [0, 0.05) is 6.54 Å². The van der Waals surface area contributed by atoms with Gasteiger partial charge < -0.3 is 9.73 Å². The van der Waals surface area contributed by atoms with Crippen molar-refractivity contribution in [1.29, 1.82) is 0 Å². The number of amides is 1. The molecule has 94 valence electrons. The molecule has 0 spiro atoms. The standard InChI is InChI=1S/C14H14FNO2/c1-9-3-5-11(7-12(9)15)8-16-14(17)13-6-4-10(2)18-13/h3-7H,8H2,1-2H3,(H,16,17). The van der Waals surface area contributed by atoms with Crippen molar-refractivity contribution in [3.05, 3.63) is 58.8 Å². The monoisotopic (exact) mass is 247 g/mol. The third-order valence-electron chi connectivity index (χ3n) is 2.65. The van der Waals surface area contributed by atoms with E-state index in [-0.39, 0.29) is 24.0 Å². The number of aryl methyl sites for hydroxylation is 2. The maximum atomic E-state index is 13.3. The van der Waals surface area contributed by atoms with Crippen molar-refractivity contribution in [2.75, 3.05) is 0 Å². The van der Waals surface area contributed by atoms with Gasteiger partial charge >= 0.3 is 0 Å². The zero-order chi connectivity index (χ0) is 13.1. The number of nitrogens with one attached hydrogen (secondary N) is 1. The van der Waals surface area contributed by atoms with E-state index in [4.69, 9.17) is 4.42 Å².